The van der Waals surface area contributed by atoms with Crippen LogP contribution >= 0.6 is 23.4 Å². The normalized spacial score (nSPS) is 18.3. The minimum atomic E-state index is -0.759. The molecule has 1 fully saturated rings. The SMILES string of the molecule is CC(C)(C(=O)NCC1(O)CCSCC1)c1cccc(Cl)c1. The number of nitrogens with one attached hydrogen (secondary N) is 1. The Kier molecular flexibility index (Phi) is 5.23. The Morgan fingerprint density at radius 2 is 2.10 bits per heavy atom. The number of carbonyl (C=O) groups excluding carboxylic acids is 1. The first kappa shape index (κ1) is 16.7. The third-order valence-electron chi connectivity index (χ3n) is 4.12. The predicted molar refractivity (Wildman–Crippen MR) is 89.0 cm³/mol. The second-order valence-electron chi connectivity index (χ2n) is 6.15. The maximum atomic E-state index is 12.5. The van der Waals surface area contributed by atoms with Gasteiger partial charge < -0.3 is 10.4 Å². The minimum absolute atomic E-state index is 0.0866. The summed E-state index contributed by atoms with van der Waals surface area (Å²) in [5, 5.41) is 14.0. The molecule has 21 heavy (non-hydrogen) atoms. The smallest absolute Gasteiger partial charge is 0.230 e. The molecule has 0 bridgehead atoms. The second-order valence-corrected chi connectivity index (χ2v) is 7.82. The van der Waals surface area contributed by atoms with Crippen molar-refractivity contribution in [2.45, 2.75) is 37.7 Å². The van der Waals surface area contributed by atoms with E-state index in [1.165, 1.54) is 0 Å². The van der Waals surface area contributed by atoms with E-state index in [2.05, 4.69) is 5.32 Å². The first-order valence-corrected chi connectivity index (χ1v) is 8.71. The lowest BCUT2D eigenvalue weighted by Crippen LogP contribution is -2.49. The molecule has 0 aromatic heterocycles. The van der Waals surface area contributed by atoms with Gasteiger partial charge in [0.25, 0.3) is 0 Å². The molecule has 1 amide bonds. The Balaban J connectivity index is 2.01. The summed E-state index contributed by atoms with van der Waals surface area (Å²) < 4.78 is 0. The number of amides is 1. The molecule has 0 atom stereocenters. The zero-order chi connectivity index (χ0) is 15.5. The van der Waals surface area contributed by atoms with Crippen molar-refractivity contribution >= 4 is 29.3 Å². The van der Waals surface area contributed by atoms with Crippen molar-refractivity contribution in [2.24, 2.45) is 0 Å². The molecule has 1 saturated heterocycles. The van der Waals surface area contributed by atoms with Crippen LogP contribution in [-0.2, 0) is 10.2 Å². The van der Waals surface area contributed by atoms with E-state index in [4.69, 9.17) is 11.6 Å². The Morgan fingerprint density at radius 3 is 2.71 bits per heavy atom. The maximum Gasteiger partial charge on any atom is 0.230 e. The van der Waals surface area contributed by atoms with Gasteiger partial charge in [-0.15, -0.1) is 0 Å². The fraction of sp³-hybridized carbons (Fsp3) is 0.562. The highest BCUT2D eigenvalue weighted by atomic mass is 35.5. The Hall–Kier alpha value is -0.710. The number of hydrogen-bond donors (Lipinski definition) is 2. The van der Waals surface area contributed by atoms with Gasteiger partial charge in [0.15, 0.2) is 0 Å². The molecule has 5 heteroatoms. The van der Waals surface area contributed by atoms with Gasteiger partial charge >= 0.3 is 0 Å². The van der Waals surface area contributed by atoms with Crippen LogP contribution in [0.15, 0.2) is 24.3 Å². The summed E-state index contributed by atoms with van der Waals surface area (Å²) in [4.78, 5) is 12.5. The van der Waals surface area contributed by atoms with Gasteiger partial charge in [-0.25, -0.2) is 0 Å². The fourth-order valence-electron chi connectivity index (χ4n) is 2.40. The molecule has 0 unspecified atom stereocenters. The fourth-order valence-corrected chi connectivity index (χ4v) is 3.85. The minimum Gasteiger partial charge on any atom is -0.388 e. The van der Waals surface area contributed by atoms with Gasteiger partial charge in [0.05, 0.1) is 11.0 Å². The number of thioether (sulfide) groups is 1. The standard InChI is InChI=1S/C16H22ClNO2S/c1-15(2,12-4-3-5-13(17)10-12)14(19)18-11-16(20)6-8-21-9-7-16/h3-5,10,20H,6-9,11H2,1-2H3,(H,18,19). The van der Waals surface area contributed by atoms with Crippen molar-refractivity contribution in [1.29, 1.82) is 0 Å². The van der Waals surface area contributed by atoms with Crippen molar-refractivity contribution < 1.29 is 9.90 Å². The molecule has 0 spiro atoms. The van der Waals surface area contributed by atoms with Crippen LogP contribution in [0, 0.1) is 0 Å². The lowest BCUT2D eigenvalue weighted by molar-refractivity contribution is -0.127. The average Bonchev–Trinajstić information content (AvgIpc) is 2.45. The molecule has 0 saturated carbocycles. The highest BCUT2D eigenvalue weighted by Gasteiger charge is 2.34. The summed E-state index contributed by atoms with van der Waals surface area (Å²) >= 11 is 7.85. The third-order valence-corrected chi connectivity index (χ3v) is 5.34. The van der Waals surface area contributed by atoms with Gasteiger partial charge in [0.1, 0.15) is 0 Å². The summed E-state index contributed by atoms with van der Waals surface area (Å²) in [5.74, 6) is 1.81. The number of aliphatic hydroxyl groups is 1. The molecule has 1 aromatic rings. The van der Waals surface area contributed by atoms with Gasteiger partial charge in [0.2, 0.25) is 5.91 Å². The molecule has 2 rings (SSSR count). The molecule has 116 valence electrons. The molecule has 1 aliphatic heterocycles. The molecule has 1 aliphatic rings. The van der Waals surface area contributed by atoms with Gasteiger partial charge in [0, 0.05) is 11.6 Å². The number of carbonyl (C=O) groups is 1. The first-order valence-electron chi connectivity index (χ1n) is 7.18. The summed E-state index contributed by atoms with van der Waals surface area (Å²) in [6, 6.07) is 7.35. The van der Waals surface area contributed by atoms with E-state index in [1.807, 2.05) is 43.8 Å². The second kappa shape index (κ2) is 6.59. The summed E-state index contributed by atoms with van der Waals surface area (Å²) in [7, 11) is 0. The van der Waals surface area contributed by atoms with Crippen LogP contribution in [-0.4, -0.2) is 34.7 Å². The van der Waals surface area contributed by atoms with Gasteiger partial charge in [-0.2, -0.15) is 11.8 Å². The van der Waals surface area contributed by atoms with Crippen LogP contribution in [0.2, 0.25) is 5.02 Å². The van der Waals surface area contributed by atoms with Crippen LogP contribution in [0.1, 0.15) is 32.3 Å². The molecule has 0 radical (unpaired) electrons. The van der Waals surface area contributed by atoms with Crippen LogP contribution in [0.4, 0.5) is 0 Å². The number of halogens is 1. The Morgan fingerprint density at radius 1 is 1.43 bits per heavy atom. The largest absolute Gasteiger partial charge is 0.388 e. The predicted octanol–water partition coefficient (Wildman–Crippen LogP) is 2.99. The molecular weight excluding hydrogens is 306 g/mol. The van der Waals surface area contributed by atoms with Crippen LogP contribution in [0.25, 0.3) is 0 Å². The molecule has 3 nitrogen and oxygen atoms in total. The highest BCUT2D eigenvalue weighted by molar-refractivity contribution is 7.99. The molecule has 1 aromatic carbocycles. The van der Waals surface area contributed by atoms with E-state index < -0.39 is 11.0 Å². The van der Waals surface area contributed by atoms with Crippen molar-refractivity contribution in [2.75, 3.05) is 18.1 Å². The van der Waals surface area contributed by atoms with Gasteiger partial charge in [-0.05, 0) is 55.9 Å². The molecule has 2 N–H and O–H groups in total. The van der Waals surface area contributed by atoms with Crippen LogP contribution in [0.3, 0.4) is 0 Å². The lowest BCUT2D eigenvalue weighted by Gasteiger charge is -2.33. The van der Waals surface area contributed by atoms with Gasteiger partial charge in [-0.1, -0.05) is 23.7 Å². The van der Waals surface area contributed by atoms with E-state index >= 15 is 0 Å². The summed E-state index contributed by atoms with van der Waals surface area (Å²) in [5.41, 5.74) is -0.561. The van der Waals surface area contributed by atoms with Gasteiger partial charge in [-0.3, -0.25) is 4.79 Å². The summed E-state index contributed by atoms with van der Waals surface area (Å²) in [6.45, 7) is 4.06. The monoisotopic (exact) mass is 327 g/mol. The van der Waals surface area contributed by atoms with Crippen molar-refractivity contribution in [3.63, 3.8) is 0 Å². The maximum absolute atomic E-state index is 12.5. The zero-order valence-corrected chi connectivity index (χ0v) is 14.1. The van der Waals surface area contributed by atoms with E-state index in [0.29, 0.717) is 11.6 Å². The van der Waals surface area contributed by atoms with Crippen molar-refractivity contribution in [1.82, 2.24) is 5.32 Å². The number of hydrogen-bond acceptors (Lipinski definition) is 3. The topological polar surface area (TPSA) is 49.3 Å². The van der Waals surface area contributed by atoms with E-state index in [1.54, 1.807) is 6.07 Å². The van der Waals surface area contributed by atoms with Crippen molar-refractivity contribution in [3.8, 4) is 0 Å². The van der Waals surface area contributed by atoms with E-state index in [-0.39, 0.29) is 5.91 Å². The average molecular weight is 328 g/mol. The summed E-state index contributed by atoms with van der Waals surface area (Å²) in [6.07, 6.45) is 1.46. The van der Waals surface area contributed by atoms with Crippen LogP contribution in [0.5, 0.6) is 0 Å². The molecular formula is C16H22ClNO2S. The molecule has 0 aliphatic carbocycles. The number of rotatable bonds is 4. The number of benzene rings is 1. The van der Waals surface area contributed by atoms with Crippen LogP contribution < -0.4 is 5.32 Å². The lowest BCUT2D eigenvalue weighted by atomic mass is 9.83. The van der Waals surface area contributed by atoms with E-state index in [9.17, 15) is 9.90 Å². The molecule has 1 heterocycles. The Labute approximate surface area is 135 Å². The first-order chi connectivity index (χ1) is 9.83. The quantitative estimate of drug-likeness (QED) is 0.893. The van der Waals surface area contributed by atoms with E-state index in [0.717, 1.165) is 29.9 Å². The highest BCUT2D eigenvalue weighted by Crippen LogP contribution is 2.28. The Bertz CT molecular complexity index is 513. The third kappa shape index (κ3) is 4.15. The zero-order valence-electron chi connectivity index (χ0n) is 12.5. The van der Waals surface area contributed by atoms with Crippen molar-refractivity contribution in [3.05, 3.63) is 34.9 Å².